The third-order valence-corrected chi connectivity index (χ3v) is 4.28. The standard InChI is InChI=1S/C15H21NO2/c1-4-15(5-2)9-16(10-15)13-7-6-11(3)8-12(13)14(17)18/h6-8H,4-5,9-10H2,1-3H3,(H,17,18). The second-order valence-corrected chi connectivity index (χ2v) is 5.39. The van der Waals surface area contributed by atoms with Crippen LogP contribution in [0.2, 0.25) is 0 Å². The minimum absolute atomic E-state index is 0.390. The van der Waals surface area contributed by atoms with E-state index in [0.717, 1.165) is 37.2 Å². The van der Waals surface area contributed by atoms with E-state index in [1.54, 1.807) is 6.07 Å². The lowest BCUT2D eigenvalue weighted by atomic mass is 9.74. The third-order valence-electron chi connectivity index (χ3n) is 4.28. The van der Waals surface area contributed by atoms with Crippen LogP contribution in [-0.2, 0) is 0 Å². The molecule has 18 heavy (non-hydrogen) atoms. The van der Waals surface area contributed by atoms with Crippen molar-refractivity contribution in [3.8, 4) is 0 Å². The van der Waals surface area contributed by atoms with E-state index in [2.05, 4.69) is 18.7 Å². The van der Waals surface area contributed by atoms with E-state index in [1.165, 1.54) is 0 Å². The lowest BCUT2D eigenvalue weighted by Crippen LogP contribution is -2.56. The van der Waals surface area contributed by atoms with Crippen molar-refractivity contribution in [2.24, 2.45) is 5.41 Å². The van der Waals surface area contributed by atoms with Crippen molar-refractivity contribution in [2.75, 3.05) is 18.0 Å². The Bertz CT molecular complexity index is 456. The lowest BCUT2D eigenvalue weighted by molar-refractivity contribution is 0.0696. The van der Waals surface area contributed by atoms with Gasteiger partial charge in [-0.05, 0) is 31.9 Å². The summed E-state index contributed by atoms with van der Waals surface area (Å²) in [5.41, 5.74) is 2.68. The molecule has 0 saturated carbocycles. The topological polar surface area (TPSA) is 40.5 Å². The molecule has 0 unspecified atom stereocenters. The summed E-state index contributed by atoms with van der Waals surface area (Å²) in [5, 5.41) is 9.28. The molecule has 0 radical (unpaired) electrons. The van der Waals surface area contributed by atoms with E-state index in [1.807, 2.05) is 19.1 Å². The number of aromatic carboxylic acids is 1. The Morgan fingerprint density at radius 1 is 1.33 bits per heavy atom. The fraction of sp³-hybridized carbons (Fsp3) is 0.533. The first-order chi connectivity index (χ1) is 8.51. The van der Waals surface area contributed by atoms with Crippen LogP contribution in [-0.4, -0.2) is 24.2 Å². The van der Waals surface area contributed by atoms with Crippen molar-refractivity contribution < 1.29 is 9.90 Å². The molecule has 0 aliphatic carbocycles. The predicted octanol–water partition coefficient (Wildman–Crippen LogP) is 3.32. The summed E-state index contributed by atoms with van der Waals surface area (Å²) in [7, 11) is 0. The van der Waals surface area contributed by atoms with E-state index in [-0.39, 0.29) is 0 Å². The van der Waals surface area contributed by atoms with Gasteiger partial charge in [-0.15, -0.1) is 0 Å². The Hall–Kier alpha value is -1.51. The molecule has 0 spiro atoms. The molecule has 1 saturated heterocycles. The van der Waals surface area contributed by atoms with Gasteiger partial charge in [0.05, 0.1) is 11.3 Å². The normalized spacial score (nSPS) is 17.4. The molecule has 3 heteroatoms. The van der Waals surface area contributed by atoms with Gasteiger partial charge in [-0.3, -0.25) is 0 Å². The Balaban J connectivity index is 2.24. The number of nitrogens with zero attached hydrogens (tertiary/aromatic N) is 1. The highest BCUT2D eigenvalue weighted by molar-refractivity contribution is 5.95. The van der Waals surface area contributed by atoms with Crippen LogP contribution in [0.4, 0.5) is 5.69 Å². The summed E-state index contributed by atoms with van der Waals surface area (Å²) >= 11 is 0. The van der Waals surface area contributed by atoms with E-state index in [9.17, 15) is 9.90 Å². The molecule has 0 amide bonds. The molecule has 0 bridgehead atoms. The minimum atomic E-state index is -0.834. The summed E-state index contributed by atoms with van der Waals surface area (Å²) in [4.78, 5) is 13.5. The molecule has 1 fully saturated rings. The Morgan fingerprint density at radius 3 is 2.44 bits per heavy atom. The molecule has 0 atom stereocenters. The summed E-state index contributed by atoms with van der Waals surface area (Å²) in [5.74, 6) is -0.834. The Morgan fingerprint density at radius 2 is 1.94 bits per heavy atom. The van der Waals surface area contributed by atoms with Crippen LogP contribution in [0.5, 0.6) is 0 Å². The van der Waals surface area contributed by atoms with E-state index in [4.69, 9.17) is 0 Å². The molecule has 1 aliphatic heterocycles. The molecule has 98 valence electrons. The maximum absolute atomic E-state index is 11.3. The van der Waals surface area contributed by atoms with Crippen LogP contribution in [0.25, 0.3) is 0 Å². The summed E-state index contributed by atoms with van der Waals surface area (Å²) in [6, 6.07) is 5.68. The highest BCUT2D eigenvalue weighted by Crippen LogP contribution is 2.41. The van der Waals surface area contributed by atoms with Crippen LogP contribution in [0.3, 0.4) is 0 Å². The van der Waals surface area contributed by atoms with Gasteiger partial charge < -0.3 is 10.0 Å². The number of rotatable bonds is 4. The molecule has 3 nitrogen and oxygen atoms in total. The molecular weight excluding hydrogens is 226 g/mol. The fourth-order valence-electron chi connectivity index (χ4n) is 2.73. The van der Waals surface area contributed by atoms with E-state index >= 15 is 0 Å². The number of carboxylic acid groups (broad SMARTS) is 1. The second kappa shape index (κ2) is 4.63. The highest BCUT2D eigenvalue weighted by Gasteiger charge is 2.40. The number of anilines is 1. The maximum atomic E-state index is 11.3. The van der Waals surface area contributed by atoms with Crippen molar-refractivity contribution in [1.29, 1.82) is 0 Å². The van der Waals surface area contributed by atoms with Crippen LogP contribution >= 0.6 is 0 Å². The summed E-state index contributed by atoms with van der Waals surface area (Å²) in [6.07, 6.45) is 2.32. The van der Waals surface area contributed by atoms with Gasteiger partial charge in [-0.25, -0.2) is 4.79 Å². The minimum Gasteiger partial charge on any atom is -0.478 e. The molecule has 1 N–H and O–H groups in total. The van der Waals surface area contributed by atoms with Crippen LogP contribution in [0.15, 0.2) is 18.2 Å². The smallest absolute Gasteiger partial charge is 0.337 e. The first-order valence-electron chi connectivity index (χ1n) is 6.60. The van der Waals surface area contributed by atoms with E-state index < -0.39 is 5.97 Å². The van der Waals surface area contributed by atoms with Gasteiger partial charge in [-0.2, -0.15) is 0 Å². The van der Waals surface area contributed by atoms with Crippen molar-refractivity contribution in [1.82, 2.24) is 0 Å². The van der Waals surface area contributed by atoms with Gasteiger partial charge in [-0.1, -0.05) is 25.5 Å². The molecule has 1 aromatic rings. The van der Waals surface area contributed by atoms with Crippen LogP contribution < -0.4 is 4.90 Å². The van der Waals surface area contributed by atoms with Gasteiger partial charge in [0, 0.05) is 18.5 Å². The SMILES string of the molecule is CCC1(CC)CN(c2ccc(C)cc2C(=O)O)C1. The fourth-order valence-corrected chi connectivity index (χ4v) is 2.73. The predicted molar refractivity (Wildman–Crippen MR) is 73.4 cm³/mol. The molecule has 1 aliphatic rings. The number of carboxylic acids is 1. The van der Waals surface area contributed by atoms with Crippen molar-refractivity contribution in [2.45, 2.75) is 33.6 Å². The molecule has 0 aromatic heterocycles. The zero-order valence-electron chi connectivity index (χ0n) is 11.4. The van der Waals surface area contributed by atoms with Gasteiger partial charge in [0.2, 0.25) is 0 Å². The first-order valence-corrected chi connectivity index (χ1v) is 6.60. The number of hydrogen-bond donors (Lipinski definition) is 1. The van der Waals surface area contributed by atoms with Crippen molar-refractivity contribution in [3.63, 3.8) is 0 Å². The molecule has 1 aromatic carbocycles. The van der Waals surface area contributed by atoms with Crippen LogP contribution in [0, 0.1) is 12.3 Å². The summed E-state index contributed by atoms with van der Waals surface area (Å²) in [6.45, 7) is 8.31. The summed E-state index contributed by atoms with van der Waals surface area (Å²) < 4.78 is 0. The second-order valence-electron chi connectivity index (χ2n) is 5.39. The largest absolute Gasteiger partial charge is 0.478 e. The van der Waals surface area contributed by atoms with Crippen molar-refractivity contribution >= 4 is 11.7 Å². The highest BCUT2D eigenvalue weighted by atomic mass is 16.4. The monoisotopic (exact) mass is 247 g/mol. The zero-order valence-corrected chi connectivity index (χ0v) is 11.4. The average Bonchev–Trinajstić information content (AvgIpc) is 2.30. The van der Waals surface area contributed by atoms with E-state index in [0.29, 0.717) is 11.0 Å². The molecular formula is C15H21NO2. The molecule has 1 heterocycles. The number of aryl methyl sites for hydroxylation is 1. The lowest BCUT2D eigenvalue weighted by Gasteiger charge is -2.51. The van der Waals surface area contributed by atoms with Gasteiger partial charge >= 0.3 is 5.97 Å². The van der Waals surface area contributed by atoms with Gasteiger partial charge in [0.25, 0.3) is 0 Å². The maximum Gasteiger partial charge on any atom is 0.337 e. The average molecular weight is 247 g/mol. The first kappa shape index (κ1) is 12.9. The van der Waals surface area contributed by atoms with Gasteiger partial charge in [0.1, 0.15) is 0 Å². The Kier molecular flexibility index (Phi) is 3.33. The molecule has 2 rings (SSSR count). The van der Waals surface area contributed by atoms with Crippen molar-refractivity contribution in [3.05, 3.63) is 29.3 Å². The van der Waals surface area contributed by atoms with Gasteiger partial charge in [0.15, 0.2) is 0 Å². The van der Waals surface area contributed by atoms with Crippen LogP contribution in [0.1, 0.15) is 42.6 Å². The third kappa shape index (κ3) is 2.09. The number of hydrogen-bond acceptors (Lipinski definition) is 2. The number of carbonyl (C=O) groups is 1. The zero-order chi connectivity index (χ0) is 13.3. The Labute approximate surface area is 108 Å². The quantitative estimate of drug-likeness (QED) is 0.887. The number of benzene rings is 1.